The average Bonchev–Trinajstić information content (AvgIpc) is 3.32. The number of benzene rings is 2. The van der Waals surface area contributed by atoms with Crippen molar-refractivity contribution in [1.29, 1.82) is 0 Å². The zero-order valence-electron chi connectivity index (χ0n) is 22.8. The maximum atomic E-state index is 14.6. The number of aliphatic hydroxyl groups is 1. The number of likely N-dealkylation sites (tertiary alicyclic amines) is 1. The van der Waals surface area contributed by atoms with E-state index in [1.54, 1.807) is 42.2 Å². The Morgan fingerprint density at radius 1 is 1.00 bits per heavy atom. The van der Waals surface area contributed by atoms with Crippen LogP contribution in [-0.2, 0) is 30.3 Å². The third kappa shape index (κ3) is 4.58. The lowest BCUT2D eigenvalue weighted by atomic mass is 9.74. The van der Waals surface area contributed by atoms with Gasteiger partial charge in [0.15, 0.2) is 0 Å². The van der Waals surface area contributed by atoms with Crippen molar-refractivity contribution >= 4 is 35.1 Å². The summed E-state index contributed by atoms with van der Waals surface area (Å²) in [6, 6.07) is 14.6. The van der Waals surface area contributed by atoms with E-state index in [1.165, 1.54) is 4.90 Å². The van der Waals surface area contributed by atoms with E-state index in [-0.39, 0.29) is 25.7 Å². The van der Waals surface area contributed by atoms with Crippen molar-refractivity contribution < 1.29 is 29.0 Å². The van der Waals surface area contributed by atoms with Crippen molar-refractivity contribution in [3.63, 3.8) is 0 Å². The number of halogens is 1. The third-order valence-electron chi connectivity index (χ3n) is 8.74. The highest BCUT2D eigenvalue weighted by Crippen LogP contribution is 2.57. The number of amides is 2. The molecule has 0 aromatic heterocycles. The van der Waals surface area contributed by atoms with Crippen LogP contribution in [-0.4, -0.2) is 70.8 Å². The number of hydrogen-bond acceptors (Lipinski definition) is 6. The van der Waals surface area contributed by atoms with Gasteiger partial charge in [0.05, 0.1) is 30.8 Å². The molecule has 4 heterocycles. The van der Waals surface area contributed by atoms with E-state index < -0.39 is 47.0 Å². The van der Waals surface area contributed by atoms with Gasteiger partial charge in [0.25, 0.3) is 5.91 Å². The summed E-state index contributed by atoms with van der Waals surface area (Å²) in [6.45, 7) is 1.89. The zero-order chi connectivity index (χ0) is 28.8. The Kier molecular flexibility index (Phi) is 7.26. The molecule has 4 aliphatic rings. The van der Waals surface area contributed by atoms with E-state index in [4.69, 9.17) is 21.1 Å². The molecule has 2 saturated heterocycles. The maximum absolute atomic E-state index is 14.6. The fourth-order valence-electron chi connectivity index (χ4n) is 6.96. The largest absolute Gasteiger partial charge is 0.465 e. The van der Waals surface area contributed by atoms with Gasteiger partial charge in [-0.25, -0.2) is 0 Å². The van der Waals surface area contributed by atoms with E-state index in [0.29, 0.717) is 30.0 Å². The second kappa shape index (κ2) is 10.7. The highest BCUT2D eigenvalue weighted by atomic mass is 35.5. The second-order valence-electron chi connectivity index (χ2n) is 11.3. The van der Waals surface area contributed by atoms with Crippen molar-refractivity contribution in [2.75, 3.05) is 24.7 Å². The first-order valence-corrected chi connectivity index (χ1v) is 14.4. The van der Waals surface area contributed by atoms with Crippen LogP contribution in [0.5, 0.6) is 0 Å². The molecule has 6 atom stereocenters. The molecule has 0 aliphatic carbocycles. The molecular weight excluding hydrogens is 544 g/mol. The summed E-state index contributed by atoms with van der Waals surface area (Å²) in [5, 5.41) is 11.2. The molecule has 0 saturated carbocycles. The number of nitrogens with zero attached hydrogens (tertiary/aromatic N) is 2. The number of esters is 1. The number of fused-ring (bicyclic) bond motifs is 2. The Balaban J connectivity index is 1.50. The van der Waals surface area contributed by atoms with Crippen molar-refractivity contribution in [3.05, 3.63) is 89.5 Å². The van der Waals surface area contributed by atoms with Crippen molar-refractivity contribution in [1.82, 2.24) is 4.90 Å². The van der Waals surface area contributed by atoms with Crippen molar-refractivity contribution in [2.24, 2.45) is 11.8 Å². The summed E-state index contributed by atoms with van der Waals surface area (Å²) in [7, 11) is 0. The minimum Gasteiger partial charge on any atom is -0.465 e. The quantitative estimate of drug-likeness (QED) is 0.431. The van der Waals surface area contributed by atoms with Gasteiger partial charge in [0, 0.05) is 17.3 Å². The molecule has 2 aromatic rings. The number of aliphatic hydroxyl groups excluding tert-OH is 1. The Labute approximate surface area is 244 Å². The number of allylic oxidation sites excluding steroid dienone is 1. The van der Waals surface area contributed by atoms with E-state index in [2.05, 4.69) is 0 Å². The molecule has 1 spiro atoms. The lowest BCUT2D eigenvalue weighted by molar-refractivity contribution is -0.159. The highest BCUT2D eigenvalue weighted by Gasteiger charge is 2.75. The Morgan fingerprint density at radius 2 is 1.76 bits per heavy atom. The minimum atomic E-state index is -1.44. The normalized spacial score (nSPS) is 32.7. The van der Waals surface area contributed by atoms with Crippen LogP contribution in [0, 0.1) is 11.8 Å². The number of anilines is 1. The lowest BCUT2D eigenvalue weighted by Gasteiger charge is -2.40. The lowest BCUT2D eigenvalue weighted by Crippen LogP contribution is -2.59. The zero-order valence-corrected chi connectivity index (χ0v) is 23.6. The standard InChI is InChI=1S/C32H33ClN2O6/c1-31-15-6-3-7-18-40-30(39)26(31)25-28(37)35(24(20-36)19-21-9-4-2-5-10-21)27-29(38)34(17-8-16-32(25,27)41-31)23-13-11-22(33)12-14-23/h2,4-6,8-16,24-27,36H,3,7,17-20H2,1H3/b15-6-/t24-,25+,26-,27?,31+,32+/m1/s1. The van der Waals surface area contributed by atoms with Crippen LogP contribution in [0.2, 0.25) is 5.02 Å². The van der Waals surface area contributed by atoms with Crippen molar-refractivity contribution in [3.8, 4) is 0 Å². The van der Waals surface area contributed by atoms with Gasteiger partial charge < -0.3 is 24.4 Å². The van der Waals surface area contributed by atoms with Crippen molar-refractivity contribution in [2.45, 2.75) is 49.5 Å². The number of ether oxygens (including phenoxy) is 2. The molecule has 0 bridgehead atoms. The summed E-state index contributed by atoms with van der Waals surface area (Å²) in [5.74, 6) is -3.25. The van der Waals surface area contributed by atoms with Crippen LogP contribution in [0.15, 0.2) is 78.9 Å². The van der Waals surface area contributed by atoms with Gasteiger partial charge >= 0.3 is 5.97 Å². The summed E-state index contributed by atoms with van der Waals surface area (Å²) < 4.78 is 12.5. The minimum absolute atomic E-state index is 0.237. The molecule has 8 nitrogen and oxygen atoms in total. The van der Waals surface area contributed by atoms with Crippen LogP contribution < -0.4 is 4.90 Å². The highest BCUT2D eigenvalue weighted by molar-refractivity contribution is 6.30. The monoisotopic (exact) mass is 576 g/mol. The molecule has 1 unspecified atom stereocenters. The Morgan fingerprint density at radius 3 is 2.49 bits per heavy atom. The average molecular weight is 577 g/mol. The topological polar surface area (TPSA) is 96.4 Å². The molecular formula is C32H33ClN2O6. The van der Waals surface area contributed by atoms with E-state index in [9.17, 15) is 19.5 Å². The van der Waals surface area contributed by atoms with Gasteiger partial charge in [-0.1, -0.05) is 66.2 Å². The first-order chi connectivity index (χ1) is 19.8. The van der Waals surface area contributed by atoms with Gasteiger partial charge in [-0.2, -0.15) is 0 Å². The number of rotatable bonds is 5. The van der Waals surface area contributed by atoms with E-state index in [0.717, 1.165) is 5.56 Å². The molecule has 9 heteroatoms. The molecule has 0 radical (unpaired) electrons. The Hall–Kier alpha value is -3.46. The van der Waals surface area contributed by atoms with Gasteiger partial charge in [-0.3, -0.25) is 14.4 Å². The summed E-state index contributed by atoms with van der Waals surface area (Å²) >= 11 is 6.13. The van der Waals surface area contributed by atoms with Gasteiger partial charge in [0.1, 0.15) is 17.6 Å². The smallest absolute Gasteiger partial charge is 0.313 e. The Bertz CT molecular complexity index is 1390. The molecule has 6 rings (SSSR count). The fourth-order valence-corrected chi connectivity index (χ4v) is 7.08. The molecule has 41 heavy (non-hydrogen) atoms. The van der Waals surface area contributed by atoms with Crippen LogP contribution in [0.1, 0.15) is 25.3 Å². The fraction of sp³-hybridized carbons (Fsp3) is 0.406. The predicted octanol–water partition coefficient (Wildman–Crippen LogP) is 3.71. The van der Waals surface area contributed by atoms with Crippen LogP contribution >= 0.6 is 11.6 Å². The molecule has 2 aromatic carbocycles. The van der Waals surface area contributed by atoms with E-state index in [1.807, 2.05) is 48.6 Å². The SMILES string of the molecule is C[C@]12/C=C\CCCOC(=O)[C@H]1[C@H]1C(=O)N([C@@H](CO)Cc3ccccc3)C3C(=O)N(c4ccc(Cl)cc4)CC=C[C@@]31O2. The molecule has 2 fully saturated rings. The van der Waals surface area contributed by atoms with Crippen LogP contribution in [0.4, 0.5) is 5.69 Å². The molecule has 214 valence electrons. The van der Waals surface area contributed by atoms with Crippen LogP contribution in [0.25, 0.3) is 0 Å². The molecule has 4 aliphatic heterocycles. The van der Waals surface area contributed by atoms with Gasteiger partial charge in [-0.05, 0) is 56.0 Å². The molecule has 1 N–H and O–H groups in total. The predicted molar refractivity (Wildman–Crippen MR) is 153 cm³/mol. The summed E-state index contributed by atoms with van der Waals surface area (Å²) in [6.07, 6.45) is 9.11. The van der Waals surface area contributed by atoms with Gasteiger partial charge in [-0.15, -0.1) is 0 Å². The first kappa shape index (κ1) is 27.7. The number of hydrogen-bond donors (Lipinski definition) is 1. The molecule has 2 amide bonds. The maximum Gasteiger partial charge on any atom is 0.313 e. The first-order valence-electron chi connectivity index (χ1n) is 14.1. The number of carbonyl (C=O) groups excluding carboxylic acids is 3. The third-order valence-corrected chi connectivity index (χ3v) is 9.00. The van der Waals surface area contributed by atoms with Crippen LogP contribution in [0.3, 0.4) is 0 Å². The second-order valence-corrected chi connectivity index (χ2v) is 11.7. The summed E-state index contributed by atoms with van der Waals surface area (Å²) in [5.41, 5.74) is -1.08. The van der Waals surface area contributed by atoms with Gasteiger partial charge in [0.2, 0.25) is 5.91 Å². The number of carbonyl (C=O) groups is 3. The number of cyclic esters (lactones) is 1. The van der Waals surface area contributed by atoms with E-state index >= 15 is 0 Å². The summed E-state index contributed by atoms with van der Waals surface area (Å²) in [4.78, 5) is 45.9.